The third kappa shape index (κ3) is 6.00. The molecule has 0 radical (unpaired) electrons. The predicted octanol–water partition coefficient (Wildman–Crippen LogP) is 4.06. The first kappa shape index (κ1) is 23.9. The zero-order chi connectivity index (χ0) is 23.3. The minimum atomic E-state index is -3.56. The van der Waals surface area contributed by atoms with Gasteiger partial charge < -0.3 is 4.90 Å². The Morgan fingerprint density at radius 3 is 2.55 bits per heavy atom. The first-order valence-electron chi connectivity index (χ1n) is 11.3. The maximum Gasteiger partial charge on any atom is 0.242 e. The molecule has 1 atom stereocenters. The van der Waals surface area contributed by atoms with Crippen LogP contribution in [0.15, 0.2) is 71.9 Å². The first-order chi connectivity index (χ1) is 15.9. The van der Waals surface area contributed by atoms with E-state index in [0.29, 0.717) is 22.5 Å². The topological polar surface area (TPSA) is 71.3 Å². The summed E-state index contributed by atoms with van der Waals surface area (Å²) >= 11 is 6.27. The Bertz CT molecular complexity index is 1120. The molecule has 1 aliphatic rings. The number of likely N-dealkylation sites (N-methyl/N-ethyl adjacent to an activating group) is 1. The number of sulfonamides is 1. The Balaban J connectivity index is 1.42. The summed E-state index contributed by atoms with van der Waals surface area (Å²) < 4.78 is 29.6. The number of aromatic nitrogens is 3. The molecule has 0 amide bonds. The van der Waals surface area contributed by atoms with Gasteiger partial charge >= 0.3 is 0 Å². The fourth-order valence-electron chi connectivity index (χ4n) is 4.46. The number of hydrogen-bond donors (Lipinski definition) is 0. The van der Waals surface area contributed by atoms with Gasteiger partial charge in [-0.3, -0.25) is 0 Å². The zero-order valence-electron chi connectivity index (χ0n) is 18.8. The molecule has 2 heterocycles. The van der Waals surface area contributed by atoms with Crippen molar-refractivity contribution in [3.05, 3.63) is 77.6 Å². The monoisotopic (exact) mass is 487 g/mol. The summed E-state index contributed by atoms with van der Waals surface area (Å²) in [4.78, 5) is 2.77. The largest absolute Gasteiger partial charge is 0.303 e. The molecule has 0 saturated carbocycles. The van der Waals surface area contributed by atoms with Gasteiger partial charge in [0.25, 0.3) is 0 Å². The fraction of sp³-hybridized carbons (Fsp3) is 0.417. The van der Waals surface area contributed by atoms with Gasteiger partial charge in [0, 0.05) is 37.9 Å². The van der Waals surface area contributed by atoms with Gasteiger partial charge in [-0.1, -0.05) is 47.1 Å². The van der Waals surface area contributed by atoms with E-state index in [-0.39, 0.29) is 5.92 Å². The molecule has 1 aromatic heterocycles. The van der Waals surface area contributed by atoms with Crippen molar-refractivity contribution in [3.63, 3.8) is 0 Å². The molecule has 4 rings (SSSR count). The second-order valence-corrected chi connectivity index (χ2v) is 11.1. The van der Waals surface area contributed by atoms with Crippen molar-refractivity contribution in [2.45, 2.75) is 36.1 Å². The number of halogens is 1. The minimum absolute atomic E-state index is 0.0419. The van der Waals surface area contributed by atoms with E-state index in [4.69, 9.17) is 11.6 Å². The van der Waals surface area contributed by atoms with Crippen LogP contribution >= 0.6 is 11.6 Å². The highest BCUT2D eigenvalue weighted by Crippen LogP contribution is 2.28. The molecular formula is C24H30ClN5O2S. The summed E-state index contributed by atoms with van der Waals surface area (Å²) in [5.74, 6) is 0.0419. The van der Waals surface area contributed by atoms with Crippen LogP contribution in [0, 0.1) is 0 Å². The molecule has 0 N–H and O–H groups in total. The van der Waals surface area contributed by atoms with Crippen molar-refractivity contribution >= 4 is 21.6 Å². The predicted molar refractivity (Wildman–Crippen MR) is 130 cm³/mol. The van der Waals surface area contributed by atoms with E-state index in [1.54, 1.807) is 37.5 Å². The average Bonchev–Trinajstić information content (AvgIpc) is 3.37. The van der Waals surface area contributed by atoms with Gasteiger partial charge in [0.1, 0.15) is 0 Å². The van der Waals surface area contributed by atoms with Crippen molar-refractivity contribution in [3.8, 4) is 0 Å². The third-order valence-corrected chi connectivity index (χ3v) is 8.49. The molecule has 0 spiro atoms. The second-order valence-electron chi connectivity index (χ2n) is 8.60. The molecule has 3 aromatic rings. The SMILES string of the molecule is CN(C[C@@H](CCN1CCC(n2ccnn2)CC1)c1cccc(Cl)c1)S(=O)(=O)c1ccccc1. The molecule has 0 unspecified atom stereocenters. The summed E-state index contributed by atoms with van der Waals surface area (Å²) in [5, 5.41) is 8.73. The molecule has 0 aliphatic carbocycles. The lowest BCUT2D eigenvalue weighted by Crippen LogP contribution is -2.37. The number of hydrogen-bond acceptors (Lipinski definition) is 5. The molecule has 1 saturated heterocycles. The molecule has 7 nitrogen and oxygen atoms in total. The van der Waals surface area contributed by atoms with Crippen molar-refractivity contribution in [2.24, 2.45) is 0 Å². The normalized spacial score (nSPS) is 16.8. The van der Waals surface area contributed by atoms with Crippen LogP contribution in [0.3, 0.4) is 0 Å². The Morgan fingerprint density at radius 1 is 1.12 bits per heavy atom. The highest BCUT2D eigenvalue weighted by atomic mass is 35.5. The summed E-state index contributed by atoms with van der Waals surface area (Å²) in [5.41, 5.74) is 1.06. The highest BCUT2D eigenvalue weighted by Gasteiger charge is 2.26. The van der Waals surface area contributed by atoms with Gasteiger partial charge in [0.15, 0.2) is 0 Å². The van der Waals surface area contributed by atoms with Gasteiger partial charge in [-0.2, -0.15) is 0 Å². The van der Waals surface area contributed by atoms with E-state index in [9.17, 15) is 8.42 Å². The molecule has 0 bridgehead atoms. The van der Waals surface area contributed by atoms with Gasteiger partial charge in [0.2, 0.25) is 10.0 Å². The molecule has 1 fully saturated rings. The van der Waals surface area contributed by atoms with E-state index in [1.165, 1.54) is 4.31 Å². The summed E-state index contributed by atoms with van der Waals surface area (Å²) in [6, 6.07) is 16.8. The minimum Gasteiger partial charge on any atom is -0.303 e. The summed E-state index contributed by atoms with van der Waals surface area (Å²) in [6.07, 6.45) is 6.57. The quantitative estimate of drug-likeness (QED) is 0.455. The number of likely N-dealkylation sites (tertiary alicyclic amines) is 1. The molecule has 33 heavy (non-hydrogen) atoms. The Morgan fingerprint density at radius 2 is 1.88 bits per heavy atom. The lowest BCUT2D eigenvalue weighted by molar-refractivity contribution is 0.172. The van der Waals surface area contributed by atoms with E-state index >= 15 is 0 Å². The van der Waals surface area contributed by atoms with Gasteiger partial charge in [-0.25, -0.2) is 17.4 Å². The Labute approximate surface area is 201 Å². The molecule has 2 aromatic carbocycles. The molecular weight excluding hydrogens is 458 g/mol. The molecule has 1 aliphatic heterocycles. The van der Waals surface area contributed by atoms with Crippen LogP contribution in [-0.4, -0.2) is 65.8 Å². The fourth-order valence-corrected chi connectivity index (χ4v) is 5.90. The zero-order valence-corrected chi connectivity index (χ0v) is 20.4. The van der Waals surface area contributed by atoms with E-state index in [1.807, 2.05) is 41.2 Å². The summed E-state index contributed by atoms with van der Waals surface area (Å²) in [6.45, 7) is 3.28. The van der Waals surface area contributed by atoms with Crippen LogP contribution in [0.2, 0.25) is 5.02 Å². The van der Waals surface area contributed by atoms with Crippen LogP contribution in [0.1, 0.15) is 36.8 Å². The number of rotatable bonds is 9. The van der Waals surface area contributed by atoms with Gasteiger partial charge in [0.05, 0.1) is 17.1 Å². The number of benzene rings is 2. The van der Waals surface area contributed by atoms with Crippen LogP contribution in [0.5, 0.6) is 0 Å². The molecule has 176 valence electrons. The van der Waals surface area contributed by atoms with Crippen LogP contribution in [0.25, 0.3) is 0 Å². The average molecular weight is 488 g/mol. The van der Waals surface area contributed by atoms with E-state index in [0.717, 1.165) is 44.5 Å². The standard InChI is InChI=1S/C24H30ClN5O2S/c1-28(33(31,32)24-8-3-2-4-9-24)19-21(20-6-5-7-22(25)18-20)10-14-29-15-11-23(12-16-29)30-17-13-26-27-30/h2-9,13,17-18,21,23H,10-12,14-16,19H2,1H3/t21-/m1/s1. The summed E-state index contributed by atoms with van der Waals surface area (Å²) in [7, 11) is -1.90. The lowest BCUT2D eigenvalue weighted by Gasteiger charge is -2.33. The van der Waals surface area contributed by atoms with Crippen molar-refractivity contribution < 1.29 is 8.42 Å². The smallest absolute Gasteiger partial charge is 0.242 e. The van der Waals surface area contributed by atoms with E-state index < -0.39 is 10.0 Å². The first-order valence-corrected chi connectivity index (χ1v) is 13.1. The van der Waals surface area contributed by atoms with Gasteiger partial charge in [-0.05, 0) is 61.6 Å². The van der Waals surface area contributed by atoms with E-state index in [2.05, 4.69) is 15.2 Å². The van der Waals surface area contributed by atoms with Crippen molar-refractivity contribution in [1.82, 2.24) is 24.2 Å². The number of nitrogens with zero attached hydrogens (tertiary/aromatic N) is 5. The van der Waals surface area contributed by atoms with Gasteiger partial charge in [-0.15, -0.1) is 5.10 Å². The lowest BCUT2D eigenvalue weighted by atomic mass is 9.94. The maximum atomic E-state index is 13.1. The third-order valence-electron chi connectivity index (χ3n) is 6.41. The van der Waals surface area contributed by atoms with Crippen molar-refractivity contribution in [1.29, 1.82) is 0 Å². The van der Waals surface area contributed by atoms with Crippen LogP contribution in [-0.2, 0) is 10.0 Å². The number of piperidine rings is 1. The second kappa shape index (κ2) is 10.8. The Hall–Kier alpha value is -2.26. The maximum absolute atomic E-state index is 13.1. The van der Waals surface area contributed by atoms with Crippen molar-refractivity contribution in [2.75, 3.05) is 33.2 Å². The molecule has 9 heteroatoms. The van der Waals surface area contributed by atoms with Crippen LogP contribution in [0.4, 0.5) is 0 Å². The van der Waals surface area contributed by atoms with Crippen LogP contribution < -0.4 is 0 Å². The highest BCUT2D eigenvalue weighted by molar-refractivity contribution is 7.89. The Kier molecular flexibility index (Phi) is 7.80.